The van der Waals surface area contributed by atoms with Gasteiger partial charge in [-0.25, -0.2) is 0 Å². The number of hydrogen-bond acceptors (Lipinski definition) is 1. The summed E-state index contributed by atoms with van der Waals surface area (Å²) >= 11 is 0. The van der Waals surface area contributed by atoms with Gasteiger partial charge in [0.1, 0.15) is 0 Å². The summed E-state index contributed by atoms with van der Waals surface area (Å²) in [6, 6.07) is 13.6. The van der Waals surface area contributed by atoms with Gasteiger partial charge in [-0.1, -0.05) is 35.4 Å². The molecule has 2 aromatic carbocycles. The van der Waals surface area contributed by atoms with Crippen LogP contribution in [0.15, 0.2) is 36.4 Å². The summed E-state index contributed by atoms with van der Waals surface area (Å²) in [5.74, 6) is 0. The zero-order valence-electron chi connectivity index (χ0n) is 13.4. The molecule has 3 aromatic rings. The number of benzene rings is 2. The number of methoxy groups -OCH3 is 1. The molecule has 1 aliphatic rings. The summed E-state index contributed by atoms with van der Waals surface area (Å²) < 4.78 is 7.77. The van der Waals surface area contributed by atoms with Gasteiger partial charge in [0.2, 0.25) is 0 Å². The quantitative estimate of drug-likeness (QED) is 0.543. The number of ether oxygens (including phenoxy) is 1. The fourth-order valence-electron chi connectivity index (χ4n) is 3.73. The van der Waals surface area contributed by atoms with E-state index < -0.39 is 0 Å². The second-order valence-corrected chi connectivity index (χ2v) is 6.33. The number of aryl methyl sites for hydroxylation is 2. The van der Waals surface area contributed by atoms with E-state index in [1.807, 2.05) is 0 Å². The standard InChI is InChI=1S/C20H21NO/c1-13-4-6-16-15(10-13)12-18-17-11-14(2)5-7-19(17)21(20(16)18)8-9-22-3/h4-7,10-11H,8-9,12H2,1-3H3. The van der Waals surface area contributed by atoms with Crippen molar-refractivity contribution in [2.75, 3.05) is 13.7 Å². The van der Waals surface area contributed by atoms with E-state index in [1.165, 1.54) is 44.4 Å². The van der Waals surface area contributed by atoms with Gasteiger partial charge in [-0.15, -0.1) is 0 Å². The molecule has 0 aliphatic heterocycles. The van der Waals surface area contributed by atoms with Crippen molar-refractivity contribution >= 4 is 10.9 Å². The lowest BCUT2D eigenvalue weighted by atomic mass is 10.1. The lowest BCUT2D eigenvalue weighted by Crippen LogP contribution is -2.05. The normalized spacial score (nSPS) is 12.7. The highest BCUT2D eigenvalue weighted by Crippen LogP contribution is 2.43. The van der Waals surface area contributed by atoms with E-state index >= 15 is 0 Å². The zero-order chi connectivity index (χ0) is 15.3. The first-order valence-corrected chi connectivity index (χ1v) is 7.89. The van der Waals surface area contributed by atoms with E-state index in [4.69, 9.17) is 4.74 Å². The van der Waals surface area contributed by atoms with Crippen LogP contribution in [-0.2, 0) is 17.7 Å². The lowest BCUT2D eigenvalue weighted by Gasteiger charge is -2.11. The summed E-state index contributed by atoms with van der Waals surface area (Å²) in [5, 5.41) is 1.40. The van der Waals surface area contributed by atoms with Gasteiger partial charge in [-0.05, 0) is 37.1 Å². The molecule has 0 N–H and O–H groups in total. The Kier molecular flexibility index (Phi) is 3.08. The molecule has 112 valence electrons. The van der Waals surface area contributed by atoms with E-state index in [2.05, 4.69) is 54.8 Å². The number of aromatic nitrogens is 1. The topological polar surface area (TPSA) is 14.2 Å². The molecule has 0 spiro atoms. The highest BCUT2D eigenvalue weighted by atomic mass is 16.5. The summed E-state index contributed by atoms with van der Waals surface area (Å²) in [7, 11) is 1.77. The molecule has 1 heterocycles. The van der Waals surface area contributed by atoms with Gasteiger partial charge in [-0.3, -0.25) is 0 Å². The van der Waals surface area contributed by atoms with Crippen molar-refractivity contribution in [1.82, 2.24) is 4.57 Å². The van der Waals surface area contributed by atoms with Gasteiger partial charge in [0.15, 0.2) is 0 Å². The summed E-state index contributed by atoms with van der Waals surface area (Å²) in [6.45, 7) is 5.99. The Morgan fingerprint density at radius 2 is 1.82 bits per heavy atom. The Labute approximate surface area is 131 Å². The highest BCUT2D eigenvalue weighted by Gasteiger charge is 2.26. The van der Waals surface area contributed by atoms with Gasteiger partial charge >= 0.3 is 0 Å². The van der Waals surface area contributed by atoms with Crippen LogP contribution in [0.3, 0.4) is 0 Å². The van der Waals surface area contributed by atoms with Crippen LogP contribution in [0.25, 0.3) is 22.2 Å². The molecule has 2 heteroatoms. The van der Waals surface area contributed by atoms with Crippen molar-refractivity contribution in [1.29, 1.82) is 0 Å². The Balaban J connectivity index is 2.00. The highest BCUT2D eigenvalue weighted by molar-refractivity contribution is 5.95. The summed E-state index contributed by atoms with van der Waals surface area (Å²) in [4.78, 5) is 0. The van der Waals surface area contributed by atoms with Crippen LogP contribution in [0.2, 0.25) is 0 Å². The fraction of sp³-hybridized carbons (Fsp3) is 0.300. The van der Waals surface area contributed by atoms with Crippen LogP contribution in [0.5, 0.6) is 0 Å². The summed E-state index contributed by atoms with van der Waals surface area (Å²) in [5.41, 5.74) is 9.73. The zero-order valence-corrected chi connectivity index (χ0v) is 13.4. The van der Waals surface area contributed by atoms with Gasteiger partial charge in [-0.2, -0.15) is 0 Å². The van der Waals surface area contributed by atoms with E-state index in [1.54, 1.807) is 7.11 Å². The van der Waals surface area contributed by atoms with Crippen molar-refractivity contribution in [3.8, 4) is 11.3 Å². The maximum absolute atomic E-state index is 5.33. The first kappa shape index (κ1) is 13.6. The minimum absolute atomic E-state index is 0.741. The van der Waals surface area contributed by atoms with Crippen LogP contribution >= 0.6 is 0 Å². The second kappa shape index (κ2) is 4.99. The van der Waals surface area contributed by atoms with Gasteiger partial charge in [0.05, 0.1) is 12.3 Å². The Bertz CT molecular complexity index is 873. The van der Waals surface area contributed by atoms with Crippen LogP contribution in [0, 0.1) is 13.8 Å². The monoisotopic (exact) mass is 291 g/mol. The average molecular weight is 291 g/mol. The minimum atomic E-state index is 0.741. The average Bonchev–Trinajstić information content (AvgIpc) is 2.99. The van der Waals surface area contributed by atoms with E-state index in [0.717, 1.165) is 19.6 Å². The van der Waals surface area contributed by atoms with Crippen LogP contribution in [-0.4, -0.2) is 18.3 Å². The maximum atomic E-state index is 5.33. The van der Waals surface area contributed by atoms with Crippen LogP contribution < -0.4 is 0 Å². The van der Waals surface area contributed by atoms with Crippen molar-refractivity contribution < 1.29 is 4.74 Å². The first-order chi connectivity index (χ1) is 10.7. The molecule has 0 saturated heterocycles. The molecule has 0 saturated carbocycles. The minimum Gasteiger partial charge on any atom is -0.383 e. The van der Waals surface area contributed by atoms with E-state index in [9.17, 15) is 0 Å². The largest absolute Gasteiger partial charge is 0.383 e. The van der Waals surface area contributed by atoms with Crippen LogP contribution in [0.1, 0.15) is 22.3 Å². The van der Waals surface area contributed by atoms with E-state index in [-0.39, 0.29) is 0 Å². The maximum Gasteiger partial charge on any atom is 0.0642 e. The number of rotatable bonds is 3. The Morgan fingerprint density at radius 1 is 1.05 bits per heavy atom. The molecule has 0 fully saturated rings. The smallest absolute Gasteiger partial charge is 0.0642 e. The van der Waals surface area contributed by atoms with Crippen molar-refractivity contribution in [3.05, 3.63) is 58.7 Å². The van der Waals surface area contributed by atoms with Gasteiger partial charge < -0.3 is 9.30 Å². The van der Waals surface area contributed by atoms with Gasteiger partial charge in [0.25, 0.3) is 0 Å². The van der Waals surface area contributed by atoms with E-state index in [0.29, 0.717) is 0 Å². The van der Waals surface area contributed by atoms with Crippen molar-refractivity contribution in [3.63, 3.8) is 0 Å². The molecule has 0 radical (unpaired) electrons. The molecule has 1 aromatic heterocycles. The number of hydrogen-bond donors (Lipinski definition) is 0. The molecule has 0 unspecified atom stereocenters. The molecule has 0 amide bonds. The van der Waals surface area contributed by atoms with Crippen LogP contribution in [0.4, 0.5) is 0 Å². The second-order valence-electron chi connectivity index (χ2n) is 6.33. The molecule has 22 heavy (non-hydrogen) atoms. The lowest BCUT2D eigenvalue weighted by molar-refractivity contribution is 0.189. The first-order valence-electron chi connectivity index (χ1n) is 7.89. The predicted octanol–water partition coefficient (Wildman–Crippen LogP) is 4.48. The molecular weight excluding hydrogens is 270 g/mol. The number of nitrogens with zero attached hydrogens (tertiary/aromatic N) is 1. The molecule has 0 bridgehead atoms. The van der Waals surface area contributed by atoms with Gasteiger partial charge in [0, 0.05) is 36.5 Å². The van der Waals surface area contributed by atoms with Crippen molar-refractivity contribution in [2.24, 2.45) is 0 Å². The molecular formula is C20H21NO. The van der Waals surface area contributed by atoms with Crippen molar-refractivity contribution in [2.45, 2.75) is 26.8 Å². The fourth-order valence-corrected chi connectivity index (χ4v) is 3.73. The predicted molar refractivity (Wildman–Crippen MR) is 91.5 cm³/mol. The molecule has 0 atom stereocenters. The summed E-state index contributed by atoms with van der Waals surface area (Å²) in [6.07, 6.45) is 1.05. The SMILES string of the molecule is COCCn1c2c(c3cc(C)ccc31)Cc1cc(C)ccc1-2. The Morgan fingerprint density at radius 3 is 2.64 bits per heavy atom. The molecule has 1 aliphatic carbocycles. The third kappa shape index (κ3) is 1.91. The molecule has 2 nitrogen and oxygen atoms in total. The number of fused-ring (bicyclic) bond motifs is 5. The third-order valence-corrected chi connectivity index (χ3v) is 4.73. The Hall–Kier alpha value is -2.06. The molecule has 4 rings (SSSR count). The third-order valence-electron chi connectivity index (χ3n) is 4.73.